The van der Waals surface area contributed by atoms with E-state index < -0.39 is 0 Å². The SMILES string of the molecule is COc1ccccc1OCC(=O)N1CCN(c2ccncc2)CC1. The molecule has 1 aromatic carbocycles. The predicted octanol–water partition coefficient (Wildman–Crippen LogP) is 1.82. The largest absolute Gasteiger partial charge is 0.493 e. The zero-order valence-corrected chi connectivity index (χ0v) is 13.7. The molecular formula is C18H21N3O3. The van der Waals surface area contributed by atoms with Crippen molar-refractivity contribution < 1.29 is 14.3 Å². The highest BCUT2D eigenvalue weighted by Crippen LogP contribution is 2.25. The Morgan fingerprint density at radius 3 is 2.38 bits per heavy atom. The second-order valence-corrected chi connectivity index (χ2v) is 5.51. The highest BCUT2D eigenvalue weighted by Gasteiger charge is 2.21. The molecule has 2 aromatic rings. The van der Waals surface area contributed by atoms with Crippen LogP contribution in [0.15, 0.2) is 48.8 Å². The van der Waals surface area contributed by atoms with Gasteiger partial charge in [-0.05, 0) is 24.3 Å². The lowest BCUT2D eigenvalue weighted by molar-refractivity contribution is -0.133. The highest BCUT2D eigenvalue weighted by atomic mass is 16.5. The van der Waals surface area contributed by atoms with Gasteiger partial charge in [0, 0.05) is 44.3 Å². The summed E-state index contributed by atoms with van der Waals surface area (Å²) in [5.74, 6) is 1.21. The van der Waals surface area contributed by atoms with Crippen molar-refractivity contribution in [2.24, 2.45) is 0 Å². The van der Waals surface area contributed by atoms with Crippen LogP contribution < -0.4 is 14.4 Å². The van der Waals surface area contributed by atoms with E-state index in [0.717, 1.165) is 18.8 Å². The highest BCUT2D eigenvalue weighted by molar-refractivity contribution is 5.78. The third-order valence-corrected chi connectivity index (χ3v) is 4.08. The zero-order chi connectivity index (χ0) is 16.8. The van der Waals surface area contributed by atoms with Crippen molar-refractivity contribution in [1.29, 1.82) is 0 Å². The van der Waals surface area contributed by atoms with Crippen LogP contribution in [0.25, 0.3) is 0 Å². The number of rotatable bonds is 5. The summed E-state index contributed by atoms with van der Waals surface area (Å²) in [6, 6.07) is 11.3. The lowest BCUT2D eigenvalue weighted by Crippen LogP contribution is -2.50. The number of aromatic nitrogens is 1. The van der Waals surface area contributed by atoms with Gasteiger partial charge in [-0.2, -0.15) is 0 Å². The summed E-state index contributed by atoms with van der Waals surface area (Å²) >= 11 is 0. The first-order valence-corrected chi connectivity index (χ1v) is 7.96. The summed E-state index contributed by atoms with van der Waals surface area (Å²) in [6.07, 6.45) is 3.57. The molecule has 126 valence electrons. The third kappa shape index (κ3) is 3.76. The Morgan fingerprint density at radius 2 is 1.71 bits per heavy atom. The van der Waals surface area contributed by atoms with Crippen molar-refractivity contribution in [2.75, 3.05) is 44.8 Å². The Morgan fingerprint density at radius 1 is 1.04 bits per heavy atom. The van der Waals surface area contributed by atoms with E-state index in [2.05, 4.69) is 9.88 Å². The molecule has 0 aliphatic carbocycles. The van der Waals surface area contributed by atoms with Crippen LogP contribution >= 0.6 is 0 Å². The molecule has 0 saturated carbocycles. The Labute approximate surface area is 141 Å². The number of ether oxygens (including phenoxy) is 2. The maximum Gasteiger partial charge on any atom is 0.260 e. The van der Waals surface area contributed by atoms with Crippen LogP contribution in [0.3, 0.4) is 0 Å². The van der Waals surface area contributed by atoms with Crippen molar-refractivity contribution in [3.63, 3.8) is 0 Å². The predicted molar refractivity (Wildman–Crippen MR) is 91.5 cm³/mol. The molecule has 0 bridgehead atoms. The van der Waals surface area contributed by atoms with E-state index in [9.17, 15) is 4.79 Å². The molecule has 1 aliphatic heterocycles. The molecule has 1 aromatic heterocycles. The summed E-state index contributed by atoms with van der Waals surface area (Å²) in [7, 11) is 1.59. The summed E-state index contributed by atoms with van der Waals surface area (Å²) < 4.78 is 10.8. The van der Waals surface area contributed by atoms with E-state index >= 15 is 0 Å². The fraction of sp³-hybridized carbons (Fsp3) is 0.333. The number of piperazine rings is 1. The van der Waals surface area contributed by atoms with E-state index in [4.69, 9.17) is 9.47 Å². The molecule has 0 unspecified atom stereocenters. The van der Waals surface area contributed by atoms with Gasteiger partial charge in [0.15, 0.2) is 18.1 Å². The summed E-state index contributed by atoms with van der Waals surface area (Å²) in [5.41, 5.74) is 1.14. The number of para-hydroxylation sites is 2. The van der Waals surface area contributed by atoms with Gasteiger partial charge in [-0.1, -0.05) is 12.1 Å². The van der Waals surface area contributed by atoms with Gasteiger partial charge < -0.3 is 19.3 Å². The van der Waals surface area contributed by atoms with Gasteiger partial charge in [-0.15, -0.1) is 0 Å². The average Bonchev–Trinajstić information content (AvgIpc) is 2.67. The first-order valence-electron chi connectivity index (χ1n) is 7.96. The van der Waals surface area contributed by atoms with Crippen molar-refractivity contribution >= 4 is 11.6 Å². The van der Waals surface area contributed by atoms with Crippen LogP contribution in [0.5, 0.6) is 11.5 Å². The monoisotopic (exact) mass is 327 g/mol. The molecule has 3 rings (SSSR count). The van der Waals surface area contributed by atoms with Crippen LogP contribution in [0.2, 0.25) is 0 Å². The number of amides is 1. The molecule has 1 amide bonds. The van der Waals surface area contributed by atoms with Gasteiger partial charge in [0.25, 0.3) is 5.91 Å². The lowest BCUT2D eigenvalue weighted by Gasteiger charge is -2.36. The van der Waals surface area contributed by atoms with Crippen LogP contribution in [0.1, 0.15) is 0 Å². The molecule has 0 atom stereocenters. The smallest absolute Gasteiger partial charge is 0.260 e. The Bertz CT molecular complexity index is 670. The number of anilines is 1. The maximum absolute atomic E-state index is 12.3. The quantitative estimate of drug-likeness (QED) is 0.838. The van der Waals surface area contributed by atoms with Crippen molar-refractivity contribution in [2.45, 2.75) is 0 Å². The second-order valence-electron chi connectivity index (χ2n) is 5.51. The number of benzene rings is 1. The Balaban J connectivity index is 1.50. The maximum atomic E-state index is 12.3. The molecule has 1 aliphatic rings. The normalized spacial score (nSPS) is 14.4. The molecule has 0 radical (unpaired) electrons. The molecule has 0 spiro atoms. The van der Waals surface area contributed by atoms with Crippen molar-refractivity contribution in [1.82, 2.24) is 9.88 Å². The van der Waals surface area contributed by atoms with Crippen molar-refractivity contribution in [3.8, 4) is 11.5 Å². The number of methoxy groups -OCH3 is 1. The molecule has 24 heavy (non-hydrogen) atoms. The lowest BCUT2D eigenvalue weighted by atomic mass is 10.2. The molecule has 2 heterocycles. The van der Waals surface area contributed by atoms with Crippen LogP contribution in [-0.2, 0) is 4.79 Å². The van der Waals surface area contributed by atoms with Crippen LogP contribution in [0, 0.1) is 0 Å². The van der Waals surface area contributed by atoms with Crippen LogP contribution in [0.4, 0.5) is 5.69 Å². The summed E-state index contributed by atoms with van der Waals surface area (Å²) in [4.78, 5) is 20.5. The Hall–Kier alpha value is -2.76. The summed E-state index contributed by atoms with van der Waals surface area (Å²) in [6.45, 7) is 3.03. The van der Waals surface area contributed by atoms with E-state index in [1.165, 1.54) is 0 Å². The Kier molecular flexibility index (Phi) is 5.15. The zero-order valence-electron chi connectivity index (χ0n) is 13.7. The van der Waals surface area contributed by atoms with Gasteiger partial charge >= 0.3 is 0 Å². The molecule has 0 N–H and O–H groups in total. The van der Waals surface area contributed by atoms with Crippen LogP contribution in [-0.4, -0.2) is 55.7 Å². The first-order chi connectivity index (χ1) is 11.8. The van der Waals surface area contributed by atoms with Gasteiger partial charge in [0.05, 0.1) is 7.11 Å². The number of carbonyl (C=O) groups excluding carboxylic acids is 1. The number of hydrogen-bond acceptors (Lipinski definition) is 5. The molecule has 6 nitrogen and oxygen atoms in total. The number of pyridine rings is 1. The van der Waals surface area contributed by atoms with Gasteiger partial charge in [0.1, 0.15) is 0 Å². The van der Waals surface area contributed by atoms with E-state index in [0.29, 0.717) is 24.6 Å². The fourth-order valence-corrected chi connectivity index (χ4v) is 2.74. The molecule has 1 fully saturated rings. The van der Waals surface area contributed by atoms with E-state index in [-0.39, 0.29) is 12.5 Å². The standard InChI is InChI=1S/C18H21N3O3/c1-23-16-4-2-3-5-17(16)24-14-18(22)21-12-10-20(11-13-21)15-6-8-19-9-7-15/h2-9H,10-14H2,1H3. The third-order valence-electron chi connectivity index (χ3n) is 4.08. The minimum atomic E-state index is -0.00437. The topological polar surface area (TPSA) is 54.9 Å². The van der Waals surface area contributed by atoms with Crippen molar-refractivity contribution in [3.05, 3.63) is 48.8 Å². The van der Waals surface area contributed by atoms with E-state index in [1.54, 1.807) is 25.6 Å². The minimum Gasteiger partial charge on any atom is -0.493 e. The first kappa shape index (κ1) is 16.1. The second kappa shape index (κ2) is 7.68. The van der Waals surface area contributed by atoms with E-state index in [1.807, 2.05) is 35.2 Å². The number of carbonyl (C=O) groups is 1. The molecule has 6 heteroatoms. The summed E-state index contributed by atoms with van der Waals surface area (Å²) in [5, 5.41) is 0. The van der Waals surface area contributed by atoms with Gasteiger partial charge in [0.2, 0.25) is 0 Å². The van der Waals surface area contributed by atoms with Gasteiger partial charge in [-0.25, -0.2) is 0 Å². The van der Waals surface area contributed by atoms with Gasteiger partial charge in [-0.3, -0.25) is 9.78 Å². The fourth-order valence-electron chi connectivity index (χ4n) is 2.74. The average molecular weight is 327 g/mol. The molecule has 1 saturated heterocycles. The number of nitrogens with zero attached hydrogens (tertiary/aromatic N) is 3. The number of hydrogen-bond donors (Lipinski definition) is 0. The molecular weight excluding hydrogens is 306 g/mol. The minimum absolute atomic E-state index is 0.00437.